The van der Waals surface area contributed by atoms with Crippen LogP contribution in [0.25, 0.3) is 0 Å². The Kier molecular flexibility index (Phi) is 4.64. The van der Waals surface area contributed by atoms with E-state index < -0.39 is 0 Å². The van der Waals surface area contributed by atoms with Gasteiger partial charge in [0.25, 0.3) is 0 Å². The highest BCUT2D eigenvalue weighted by atomic mass is 16.5. The molecule has 1 atom stereocenters. The zero-order chi connectivity index (χ0) is 13.7. The highest BCUT2D eigenvalue weighted by Gasteiger charge is 2.30. The molecule has 0 bridgehead atoms. The lowest BCUT2D eigenvalue weighted by Crippen LogP contribution is -2.47. The third-order valence-electron chi connectivity index (χ3n) is 3.82. The first-order valence-corrected chi connectivity index (χ1v) is 7.16. The van der Waals surface area contributed by atoms with Gasteiger partial charge in [-0.1, -0.05) is 6.92 Å². The molecule has 2 rings (SSSR count). The lowest BCUT2D eigenvalue weighted by molar-refractivity contribution is -0.00466. The normalized spacial score (nSPS) is 23.4. The Morgan fingerprint density at radius 3 is 3.05 bits per heavy atom. The van der Waals surface area contributed by atoms with Crippen molar-refractivity contribution in [2.75, 3.05) is 37.0 Å². The van der Waals surface area contributed by atoms with Crippen LogP contribution in [-0.4, -0.2) is 37.3 Å². The number of hydrogen-bond donors (Lipinski definition) is 1. The number of ether oxygens (including phenoxy) is 1. The number of hydrogen-bond acceptors (Lipinski definition) is 4. The fraction of sp³-hybridized carbons (Fsp3) is 0.667. The summed E-state index contributed by atoms with van der Waals surface area (Å²) >= 11 is 0. The zero-order valence-corrected chi connectivity index (χ0v) is 12.3. The van der Waals surface area contributed by atoms with Gasteiger partial charge in [0, 0.05) is 26.7 Å². The Labute approximate surface area is 116 Å². The summed E-state index contributed by atoms with van der Waals surface area (Å²) in [7, 11) is 1.81. The molecule has 4 nitrogen and oxygen atoms in total. The molecule has 0 aromatic carbocycles. The van der Waals surface area contributed by atoms with Crippen LogP contribution in [0, 0.1) is 0 Å². The van der Waals surface area contributed by atoms with E-state index in [1.165, 1.54) is 5.69 Å². The molecule has 4 heteroatoms. The molecule has 1 N–H and O–H groups in total. The maximum absolute atomic E-state index is 5.65. The highest BCUT2D eigenvalue weighted by Crippen LogP contribution is 2.28. The number of methoxy groups -OCH3 is 1. The molecule has 0 radical (unpaired) electrons. The van der Waals surface area contributed by atoms with Crippen LogP contribution in [0.2, 0.25) is 0 Å². The Hall–Kier alpha value is -1.29. The van der Waals surface area contributed by atoms with E-state index in [2.05, 4.69) is 35.1 Å². The third kappa shape index (κ3) is 3.60. The predicted octanol–water partition coefficient (Wildman–Crippen LogP) is 2.91. The quantitative estimate of drug-likeness (QED) is 0.886. The Morgan fingerprint density at radius 1 is 1.47 bits per heavy atom. The number of pyridine rings is 1. The topological polar surface area (TPSA) is 37.4 Å². The summed E-state index contributed by atoms with van der Waals surface area (Å²) in [6, 6.07) is 2.18. The molecule has 1 aromatic heterocycles. The molecule has 106 valence electrons. The first-order chi connectivity index (χ1) is 9.17. The molecule has 1 unspecified atom stereocenters. The zero-order valence-electron chi connectivity index (χ0n) is 12.3. The minimum absolute atomic E-state index is 0.0366. The maximum atomic E-state index is 5.65. The van der Waals surface area contributed by atoms with Crippen LogP contribution in [0.15, 0.2) is 18.5 Å². The van der Waals surface area contributed by atoms with Crippen LogP contribution in [-0.2, 0) is 4.74 Å². The summed E-state index contributed by atoms with van der Waals surface area (Å²) < 4.78 is 5.65. The Balaban J connectivity index is 2.08. The Morgan fingerprint density at radius 2 is 2.32 bits per heavy atom. The van der Waals surface area contributed by atoms with Crippen LogP contribution in [0.3, 0.4) is 0 Å². The van der Waals surface area contributed by atoms with Crippen molar-refractivity contribution < 1.29 is 4.74 Å². The van der Waals surface area contributed by atoms with Gasteiger partial charge in [0.15, 0.2) is 0 Å². The van der Waals surface area contributed by atoms with Crippen molar-refractivity contribution in [3.63, 3.8) is 0 Å². The first kappa shape index (κ1) is 14.1. The van der Waals surface area contributed by atoms with Gasteiger partial charge >= 0.3 is 0 Å². The second-order valence-electron chi connectivity index (χ2n) is 5.54. The van der Waals surface area contributed by atoms with Gasteiger partial charge in [-0.25, -0.2) is 0 Å². The van der Waals surface area contributed by atoms with Gasteiger partial charge in [0.2, 0.25) is 0 Å². The molecule has 0 spiro atoms. The molecule has 0 aliphatic carbocycles. The summed E-state index contributed by atoms with van der Waals surface area (Å²) in [4.78, 5) is 6.71. The standard InChI is InChI=1S/C15H25N3O/c1-4-7-17-13-9-14(11-16-10-13)18-8-5-6-15(2,12-18)19-3/h9-11,17H,4-8,12H2,1-3H3. The van der Waals surface area contributed by atoms with Crippen molar-refractivity contribution in [1.29, 1.82) is 0 Å². The minimum atomic E-state index is -0.0366. The fourth-order valence-corrected chi connectivity index (χ4v) is 2.56. The SMILES string of the molecule is CCCNc1cncc(N2CCCC(C)(OC)C2)c1. The molecule has 0 amide bonds. The van der Waals surface area contributed by atoms with Gasteiger partial charge in [-0.2, -0.15) is 0 Å². The average molecular weight is 263 g/mol. The van der Waals surface area contributed by atoms with E-state index in [0.29, 0.717) is 0 Å². The van der Waals surface area contributed by atoms with Gasteiger partial charge in [-0.05, 0) is 32.3 Å². The van der Waals surface area contributed by atoms with Gasteiger partial charge in [0.1, 0.15) is 0 Å². The monoisotopic (exact) mass is 263 g/mol. The van der Waals surface area contributed by atoms with E-state index >= 15 is 0 Å². The van der Waals surface area contributed by atoms with Crippen LogP contribution in [0.1, 0.15) is 33.1 Å². The third-order valence-corrected chi connectivity index (χ3v) is 3.82. The van der Waals surface area contributed by atoms with Crippen molar-refractivity contribution in [2.45, 2.75) is 38.7 Å². The second-order valence-corrected chi connectivity index (χ2v) is 5.54. The molecule has 1 aromatic rings. The highest BCUT2D eigenvalue weighted by molar-refractivity contribution is 5.56. The second kappa shape index (κ2) is 6.24. The van der Waals surface area contributed by atoms with Gasteiger partial charge < -0.3 is 15.0 Å². The van der Waals surface area contributed by atoms with E-state index in [1.807, 2.05) is 12.4 Å². The minimum Gasteiger partial charge on any atom is -0.384 e. The number of aromatic nitrogens is 1. The molecule has 2 heterocycles. The number of nitrogens with zero attached hydrogens (tertiary/aromatic N) is 2. The predicted molar refractivity (Wildman–Crippen MR) is 79.9 cm³/mol. The molecule has 1 aliphatic heterocycles. The summed E-state index contributed by atoms with van der Waals surface area (Å²) in [6.07, 6.45) is 7.24. The van der Waals surface area contributed by atoms with Crippen LogP contribution < -0.4 is 10.2 Å². The number of nitrogens with one attached hydrogen (secondary N) is 1. The molecular formula is C15H25N3O. The molecule has 1 saturated heterocycles. The van der Waals surface area contributed by atoms with Gasteiger partial charge in [0.05, 0.1) is 29.4 Å². The van der Waals surface area contributed by atoms with E-state index in [0.717, 1.165) is 44.6 Å². The van der Waals surface area contributed by atoms with Crippen LogP contribution >= 0.6 is 0 Å². The summed E-state index contributed by atoms with van der Waals surface area (Å²) in [5, 5.41) is 3.39. The Bertz CT molecular complexity index is 410. The smallest absolute Gasteiger partial charge is 0.0825 e. The van der Waals surface area contributed by atoms with E-state index in [-0.39, 0.29) is 5.60 Å². The van der Waals surface area contributed by atoms with Gasteiger partial charge in [-0.3, -0.25) is 4.98 Å². The van der Waals surface area contributed by atoms with Crippen molar-refractivity contribution in [3.8, 4) is 0 Å². The van der Waals surface area contributed by atoms with Crippen LogP contribution in [0.4, 0.5) is 11.4 Å². The summed E-state index contributed by atoms with van der Waals surface area (Å²) in [5.41, 5.74) is 2.25. The molecule has 1 fully saturated rings. The number of piperidine rings is 1. The first-order valence-electron chi connectivity index (χ1n) is 7.16. The summed E-state index contributed by atoms with van der Waals surface area (Å²) in [6.45, 7) is 7.35. The number of anilines is 2. The van der Waals surface area contributed by atoms with E-state index in [4.69, 9.17) is 4.74 Å². The molecule has 1 aliphatic rings. The van der Waals surface area contributed by atoms with Crippen molar-refractivity contribution in [3.05, 3.63) is 18.5 Å². The van der Waals surface area contributed by atoms with E-state index in [9.17, 15) is 0 Å². The fourth-order valence-electron chi connectivity index (χ4n) is 2.56. The largest absolute Gasteiger partial charge is 0.384 e. The summed E-state index contributed by atoms with van der Waals surface area (Å²) in [5.74, 6) is 0. The maximum Gasteiger partial charge on any atom is 0.0825 e. The van der Waals surface area contributed by atoms with Crippen molar-refractivity contribution >= 4 is 11.4 Å². The van der Waals surface area contributed by atoms with Crippen molar-refractivity contribution in [1.82, 2.24) is 4.98 Å². The lowest BCUT2D eigenvalue weighted by atomic mass is 9.94. The van der Waals surface area contributed by atoms with Crippen molar-refractivity contribution in [2.24, 2.45) is 0 Å². The molecule has 19 heavy (non-hydrogen) atoms. The number of rotatable bonds is 5. The lowest BCUT2D eigenvalue weighted by Gasteiger charge is -2.40. The molecule has 0 saturated carbocycles. The van der Waals surface area contributed by atoms with E-state index in [1.54, 1.807) is 7.11 Å². The van der Waals surface area contributed by atoms with Gasteiger partial charge in [-0.15, -0.1) is 0 Å². The van der Waals surface area contributed by atoms with Crippen LogP contribution in [0.5, 0.6) is 0 Å². The molecular weight excluding hydrogens is 238 g/mol. The average Bonchev–Trinajstić information content (AvgIpc) is 2.45.